The molecule has 1 heterocycles. The number of ether oxygens (including phenoxy) is 2. The third-order valence-electron chi connectivity index (χ3n) is 6.81. The van der Waals surface area contributed by atoms with Gasteiger partial charge in [0.25, 0.3) is 5.91 Å². The molecule has 0 unspecified atom stereocenters. The lowest BCUT2D eigenvalue weighted by atomic mass is 10.0. The van der Waals surface area contributed by atoms with E-state index >= 15 is 0 Å². The van der Waals surface area contributed by atoms with Gasteiger partial charge in [-0.1, -0.05) is 19.8 Å². The van der Waals surface area contributed by atoms with Gasteiger partial charge in [-0.25, -0.2) is 8.42 Å². The molecule has 190 valence electrons. The minimum atomic E-state index is -3.50. The Bertz CT molecular complexity index is 992. The summed E-state index contributed by atoms with van der Waals surface area (Å²) in [5.41, 5.74) is 0.900. The van der Waals surface area contributed by atoms with Crippen LogP contribution in [0.2, 0.25) is 0 Å². The number of fused-ring (bicyclic) bond motifs is 1. The van der Waals surface area contributed by atoms with Crippen LogP contribution in [0.1, 0.15) is 49.9 Å². The SMILES string of the molecule is CO[C@H]1CN(C)C(=O)c2ccc(NC(=O)C3CCCC3)cc2OC[C@@H](C)N(S(C)(=O)=O)C[C@@H]1C. The van der Waals surface area contributed by atoms with E-state index in [1.165, 1.54) is 10.6 Å². The predicted molar refractivity (Wildman–Crippen MR) is 130 cm³/mol. The number of nitrogens with one attached hydrogen (secondary N) is 1. The fourth-order valence-corrected chi connectivity index (χ4v) is 5.93. The van der Waals surface area contributed by atoms with Gasteiger partial charge in [-0.05, 0) is 37.8 Å². The van der Waals surface area contributed by atoms with Gasteiger partial charge in [0.15, 0.2) is 0 Å². The highest BCUT2D eigenvalue weighted by molar-refractivity contribution is 7.88. The number of hydrogen-bond acceptors (Lipinski definition) is 6. The van der Waals surface area contributed by atoms with Gasteiger partial charge in [0.1, 0.15) is 12.4 Å². The van der Waals surface area contributed by atoms with Gasteiger partial charge in [0.2, 0.25) is 15.9 Å². The lowest BCUT2D eigenvalue weighted by Gasteiger charge is -2.34. The topological polar surface area (TPSA) is 105 Å². The Labute approximate surface area is 202 Å². The van der Waals surface area contributed by atoms with Crippen LogP contribution in [0.25, 0.3) is 0 Å². The van der Waals surface area contributed by atoms with Crippen molar-refractivity contribution in [2.45, 2.75) is 51.7 Å². The van der Waals surface area contributed by atoms with E-state index in [-0.39, 0.29) is 42.9 Å². The predicted octanol–water partition coefficient (Wildman–Crippen LogP) is 2.58. The lowest BCUT2D eigenvalue weighted by Crippen LogP contribution is -2.48. The van der Waals surface area contributed by atoms with Crippen LogP contribution in [0.4, 0.5) is 5.69 Å². The number of hydrogen-bond donors (Lipinski definition) is 1. The molecule has 1 N–H and O–H groups in total. The van der Waals surface area contributed by atoms with Gasteiger partial charge in [0, 0.05) is 44.9 Å². The van der Waals surface area contributed by atoms with Crippen LogP contribution in [0.5, 0.6) is 5.75 Å². The van der Waals surface area contributed by atoms with Gasteiger partial charge >= 0.3 is 0 Å². The maximum Gasteiger partial charge on any atom is 0.257 e. The van der Waals surface area contributed by atoms with Gasteiger partial charge < -0.3 is 19.7 Å². The molecule has 0 radical (unpaired) electrons. The maximum absolute atomic E-state index is 13.3. The van der Waals surface area contributed by atoms with Crippen molar-refractivity contribution in [1.82, 2.24) is 9.21 Å². The van der Waals surface area contributed by atoms with Crippen molar-refractivity contribution < 1.29 is 27.5 Å². The summed E-state index contributed by atoms with van der Waals surface area (Å²) < 4.78 is 38.1. The second kappa shape index (κ2) is 11.0. The normalized spacial score (nSPS) is 25.7. The van der Waals surface area contributed by atoms with Crippen molar-refractivity contribution in [1.29, 1.82) is 0 Å². The van der Waals surface area contributed by atoms with E-state index in [1.807, 2.05) is 6.92 Å². The smallest absolute Gasteiger partial charge is 0.257 e. The molecule has 1 aliphatic carbocycles. The fraction of sp³-hybridized carbons (Fsp3) is 0.667. The number of sulfonamides is 1. The van der Waals surface area contributed by atoms with Crippen LogP contribution in [-0.4, -0.2) is 81.7 Å². The Kier molecular flexibility index (Phi) is 8.59. The molecule has 1 fully saturated rings. The molecule has 1 aromatic rings. The van der Waals surface area contributed by atoms with E-state index in [2.05, 4.69) is 5.32 Å². The van der Waals surface area contributed by atoms with Gasteiger partial charge in [0.05, 0.1) is 24.0 Å². The Morgan fingerprint density at radius 3 is 2.47 bits per heavy atom. The highest BCUT2D eigenvalue weighted by Gasteiger charge is 2.32. The van der Waals surface area contributed by atoms with Gasteiger partial charge in [-0.3, -0.25) is 9.59 Å². The first-order chi connectivity index (χ1) is 16.0. The minimum Gasteiger partial charge on any atom is -0.491 e. The van der Waals surface area contributed by atoms with Crippen molar-refractivity contribution >= 4 is 27.5 Å². The lowest BCUT2D eigenvalue weighted by molar-refractivity contribution is -0.119. The van der Waals surface area contributed by atoms with Gasteiger partial charge in [-0.2, -0.15) is 4.31 Å². The molecule has 0 saturated heterocycles. The Hall–Kier alpha value is -2.17. The van der Waals surface area contributed by atoms with E-state index in [4.69, 9.17) is 9.47 Å². The van der Waals surface area contributed by atoms with Crippen molar-refractivity contribution in [3.63, 3.8) is 0 Å². The number of carbonyl (C=O) groups excluding carboxylic acids is 2. The fourth-order valence-electron chi connectivity index (χ4n) is 4.71. The zero-order valence-electron chi connectivity index (χ0n) is 20.7. The summed E-state index contributed by atoms with van der Waals surface area (Å²) in [4.78, 5) is 27.4. The standard InChI is InChI=1S/C24H37N3O6S/c1-16-13-27(34(5,30)31)17(2)15-33-21-12-19(25-23(28)18-8-6-7-9-18)10-11-20(21)24(29)26(3)14-22(16)32-4/h10-12,16-18,22H,6-9,13-15H2,1-5H3,(H,25,28)/t16-,17+,22-/m0/s1. The van der Waals surface area contributed by atoms with E-state index in [0.717, 1.165) is 25.7 Å². The quantitative estimate of drug-likeness (QED) is 0.688. The molecule has 2 amide bonds. The molecule has 0 bridgehead atoms. The minimum absolute atomic E-state index is 0.00553. The largest absolute Gasteiger partial charge is 0.491 e. The van der Waals surface area contributed by atoms with Crippen LogP contribution in [0.15, 0.2) is 18.2 Å². The highest BCUT2D eigenvalue weighted by Crippen LogP contribution is 2.29. The summed E-state index contributed by atoms with van der Waals surface area (Å²) in [5.74, 6) is -0.0897. The molecule has 1 saturated carbocycles. The first kappa shape index (κ1) is 26.4. The first-order valence-electron chi connectivity index (χ1n) is 11.8. The van der Waals surface area contributed by atoms with Crippen molar-refractivity contribution in [2.24, 2.45) is 11.8 Å². The molecule has 3 atom stereocenters. The maximum atomic E-state index is 13.3. The van der Waals surface area contributed by atoms with Crippen LogP contribution in [0, 0.1) is 11.8 Å². The Balaban J connectivity index is 1.93. The van der Waals surface area contributed by atoms with Crippen LogP contribution < -0.4 is 10.1 Å². The number of anilines is 1. The number of methoxy groups -OCH3 is 1. The second-order valence-corrected chi connectivity index (χ2v) is 11.5. The Morgan fingerprint density at radius 1 is 1.18 bits per heavy atom. The number of amides is 2. The highest BCUT2D eigenvalue weighted by atomic mass is 32.2. The number of likely N-dealkylation sites (N-methyl/N-ethyl adjacent to an activating group) is 1. The zero-order valence-corrected chi connectivity index (χ0v) is 21.6. The van der Waals surface area contributed by atoms with Crippen LogP contribution in [-0.2, 0) is 19.6 Å². The van der Waals surface area contributed by atoms with Crippen LogP contribution >= 0.6 is 0 Å². The third kappa shape index (κ3) is 6.28. The van der Waals surface area contributed by atoms with Crippen LogP contribution in [0.3, 0.4) is 0 Å². The molecule has 34 heavy (non-hydrogen) atoms. The number of nitrogens with zero attached hydrogens (tertiary/aromatic N) is 2. The van der Waals surface area contributed by atoms with E-state index in [1.54, 1.807) is 44.2 Å². The van der Waals surface area contributed by atoms with Gasteiger partial charge in [-0.15, -0.1) is 0 Å². The molecular weight excluding hydrogens is 458 g/mol. The summed E-state index contributed by atoms with van der Waals surface area (Å²) >= 11 is 0. The number of carbonyl (C=O) groups is 2. The number of benzene rings is 1. The molecule has 9 nitrogen and oxygen atoms in total. The molecular formula is C24H37N3O6S. The average Bonchev–Trinajstić information content (AvgIpc) is 3.32. The zero-order chi connectivity index (χ0) is 25.0. The summed E-state index contributed by atoms with van der Waals surface area (Å²) in [6.07, 6.45) is 4.72. The van der Waals surface area contributed by atoms with Crippen molar-refractivity contribution in [2.75, 3.05) is 45.4 Å². The van der Waals surface area contributed by atoms with Crippen molar-refractivity contribution in [3.05, 3.63) is 23.8 Å². The molecule has 0 spiro atoms. The molecule has 0 aromatic heterocycles. The van der Waals surface area contributed by atoms with E-state index < -0.39 is 16.1 Å². The summed E-state index contributed by atoms with van der Waals surface area (Å²) in [6.45, 7) is 4.29. The molecule has 1 aromatic carbocycles. The molecule has 1 aliphatic heterocycles. The average molecular weight is 496 g/mol. The third-order valence-corrected chi connectivity index (χ3v) is 8.17. The Morgan fingerprint density at radius 2 is 1.85 bits per heavy atom. The number of rotatable bonds is 4. The summed E-state index contributed by atoms with van der Waals surface area (Å²) in [7, 11) is -0.254. The molecule has 10 heteroatoms. The monoisotopic (exact) mass is 495 g/mol. The molecule has 3 rings (SSSR count). The van der Waals surface area contributed by atoms with E-state index in [0.29, 0.717) is 23.5 Å². The first-order valence-corrected chi connectivity index (χ1v) is 13.7. The second-order valence-electron chi connectivity index (χ2n) is 9.61. The molecule has 2 aliphatic rings. The summed E-state index contributed by atoms with van der Waals surface area (Å²) in [5, 5.41) is 2.94. The van der Waals surface area contributed by atoms with E-state index in [9.17, 15) is 18.0 Å². The van der Waals surface area contributed by atoms with Crippen molar-refractivity contribution in [3.8, 4) is 5.75 Å². The summed E-state index contributed by atoms with van der Waals surface area (Å²) in [6, 6.07) is 4.53.